The molecular weight excluding hydrogens is 355 g/mol. The lowest BCUT2D eigenvalue weighted by molar-refractivity contribution is -0.384. The van der Waals surface area contributed by atoms with Crippen molar-refractivity contribution in [1.29, 1.82) is 0 Å². The Labute approximate surface area is 126 Å². The molecule has 6 nitrogen and oxygen atoms in total. The number of rotatable bonds is 3. The van der Waals surface area contributed by atoms with Gasteiger partial charge in [-0.2, -0.15) is 4.98 Å². The highest BCUT2D eigenvalue weighted by molar-refractivity contribution is 9.10. The molecule has 1 heterocycles. The van der Waals surface area contributed by atoms with Crippen molar-refractivity contribution in [3.05, 3.63) is 49.6 Å². The van der Waals surface area contributed by atoms with Gasteiger partial charge in [0.25, 0.3) is 0 Å². The number of nitrogens with one attached hydrogen (secondary N) is 1. The highest BCUT2D eigenvalue weighted by Crippen LogP contribution is 2.30. The lowest BCUT2D eigenvalue weighted by Gasteiger charge is -2.10. The van der Waals surface area contributed by atoms with Crippen molar-refractivity contribution in [2.75, 3.05) is 5.32 Å². The van der Waals surface area contributed by atoms with Crippen LogP contribution in [0, 0.1) is 22.9 Å². The molecule has 0 saturated heterocycles. The van der Waals surface area contributed by atoms with Gasteiger partial charge in [0.1, 0.15) is 12.0 Å². The van der Waals surface area contributed by atoms with E-state index >= 15 is 0 Å². The second-order valence-electron chi connectivity index (χ2n) is 3.84. The number of aromatic nitrogens is 2. The van der Waals surface area contributed by atoms with Gasteiger partial charge in [0, 0.05) is 5.69 Å². The lowest BCUT2D eigenvalue weighted by Crippen LogP contribution is -2.02. The molecule has 0 bridgehead atoms. The Hall–Kier alpha value is -1.80. The van der Waals surface area contributed by atoms with Gasteiger partial charge in [0.05, 0.1) is 9.40 Å². The zero-order chi connectivity index (χ0) is 14.9. The van der Waals surface area contributed by atoms with E-state index in [1.807, 2.05) is 0 Å². The maximum Gasteiger partial charge on any atom is 0.329 e. The first-order valence-electron chi connectivity index (χ1n) is 5.28. The van der Waals surface area contributed by atoms with Gasteiger partial charge in [0.15, 0.2) is 0 Å². The third-order valence-corrected chi connectivity index (χ3v) is 3.25. The second kappa shape index (κ2) is 5.68. The molecule has 0 aliphatic heterocycles. The molecule has 20 heavy (non-hydrogen) atoms. The van der Waals surface area contributed by atoms with Gasteiger partial charge < -0.3 is 5.32 Å². The number of hydrogen-bond donors (Lipinski definition) is 1. The van der Waals surface area contributed by atoms with Crippen LogP contribution in [0.1, 0.15) is 5.56 Å². The van der Waals surface area contributed by atoms with Crippen LogP contribution < -0.4 is 5.32 Å². The molecule has 0 spiro atoms. The average molecular weight is 362 g/mol. The van der Waals surface area contributed by atoms with Crippen LogP contribution in [0.25, 0.3) is 0 Å². The molecule has 1 N–H and O–H groups in total. The van der Waals surface area contributed by atoms with Crippen molar-refractivity contribution in [2.45, 2.75) is 6.92 Å². The third-order valence-electron chi connectivity index (χ3n) is 2.46. The van der Waals surface area contributed by atoms with Crippen LogP contribution in [0.3, 0.4) is 0 Å². The fourth-order valence-electron chi connectivity index (χ4n) is 1.49. The molecule has 0 radical (unpaired) electrons. The number of hydrogen-bond acceptors (Lipinski definition) is 5. The second-order valence-corrected chi connectivity index (χ2v) is 5.03. The van der Waals surface area contributed by atoms with Crippen LogP contribution in [-0.2, 0) is 0 Å². The minimum Gasteiger partial charge on any atom is -0.334 e. The predicted octanol–water partition coefficient (Wildman–Crippen LogP) is 3.99. The fraction of sp³-hybridized carbons (Fsp3) is 0.0909. The number of nitro groups is 1. The summed E-state index contributed by atoms with van der Waals surface area (Å²) in [5, 5.41) is 13.4. The summed E-state index contributed by atoms with van der Waals surface area (Å²) in [6, 6.07) is 2.76. The van der Waals surface area contributed by atoms with Gasteiger partial charge in [-0.1, -0.05) is 0 Å². The predicted molar refractivity (Wildman–Crippen MR) is 75.8 cm³/mol. The van der Waals surface area contributed by atoms with Crippen LogP contribution in [0.2, 0.25) is 5.28 Å². The topological polar surface area (TPSA) is 81.0 Å². The Kier molecular flexibility index (Phi) is 4.15. The van der Waals surface area contributed by atoms with Crippen molar-refractivity contribution >= 4 is 44.7 Å². The minimum absolute atomic E-state index is 0.0974. The van der Waals surface area contributed by atoms with Gasteiger partial charge in [0.2, 0.25) is 11.1 Å². The Morgan fingerprint density at radius 2 is 2.20 bits per heavy atom. The van der Waals surface area contributed by atoms with E-state index in [0.29, 0.717) is 15.7 Å². The molecule has 0 saturated carbocycles. The number of aryl methyl sites for hydroxylation is 1. The highest BCUT2D eigenvalue weighted by Gasteiger charge is 2.18. The Balaban J connectivity index is 2.47. The van der Waals surface area contributed by atoms with Crippen molar-refractivity contribution in [3.63, 3.8) is 0 Å². The number of anilines is 2. The van der Waals surface area contributed by atoms with E-state index in [-0.39, 0.29) is 16.8 Å². The van der Waals surface area contributed by atoms with Gasteiger partial charge in [-0.05, 0) is 52.2 Å². The van der Waals surface area contributed by atoms with Crippen LogP contribution in [0.15, 0.2) is 22.8 Å². The normalized spacial score (nSPS) is 10.4. The van der Waals surface area contributed by atoms with Crippen LogP contribution >= 0.6 is 27.5 Å². The van der Waals surface area contributed by atoms with E-state index < -0.39 is 10.7 Å². The Bertz CT molecular complexity index is 698. The Morgan fingerprint density at radius 3 is 2.85 bits per heavy atom. The van der Waals surface area contributed by atoms with Crippen molar-refractivity contribution < 1.29 is 9.31 Å². The summed E-state index contributed by atoms with van der Waals surface area (Å²) in [7, 11) is 0. The molecule has 0 atom stereocenters. The monoisotopic (exact) mass is 360 g/mol. The zero-order valence-electron chi connectivity index (χ0n) is 10.0. The zero-order valence-corrected chi connectivity index (χ0v) is 12.4. The van der Waals surface area contributed by atoms with Gasteiger partial charge in [-0.15, -0.1) is 0 Å². The quantitative estimate of drug-likeness (QED) is 0.508. The summed E-state index contributed by atoms with van der Waals surface area (Å²) in [6.07, 6.45) is 0.988. The minimum atomic E-state index is -0.650. The molecule has 0 aliphatic rings. The Morgan fingerprint density at radius 1 is 1.50 bits per heavy atom. The molecule has 1 aromatic carbocycles. The summed E-state index contributed by atoms with van der Waals surface area (Å²) in [5.41, 5.74) is 0.683. The van der Waals surface area contributed by atoms with Crippen LogP contribution in [0.4, 0.5) is 21.6 Å². The van der Waals surface area contributed by atoms with Crippen molar-refractivity contribution in [3.8, 4) is 0 Å². The first kappa shape index (κ1) is 14.6. The molecule has 0 unspecified atom stereocenters. The van der Waals surface area contributed by atoms with Crippen LogP contribution in [0.5, 0.6) is 0 Å². The van der Waals surface area contributed by atoms with E-state index in [4.69, 9.17) is 11.6 Å². The molecule has 2 rings (SSSR count). The van der Waals surface area contributed by atoms with E-state index in [1.165, 1.54) is 6.07 Å². The molecule has 2 aromatic rings. The fourth-order valence-corrected chi connectivity index (χ4v) is 2.08. The van der Waals surface area contributed by atoms with Crippen LogP contribution in [-0.4, -0.2) is 14.9 Å². The van der Waals surface area contributed by atoms with E-state index in [0.717, 1.165) is 6.20 Å². The van der Waals surface area contributed by atoms with Gasteiger partial charge in [-0.3, -0.25) is 10.1 Å². The number of benzene rings is 1. The molecule has 104 valence electrons. The maximum atomic E-state index is 13.5. The molecular formula is C11H7BrClFN4O2. The van der Waals surface area contributed by atoms with E-state index in [9.17, 15) is 14.5 Å². The number of nitrogens with zero attached hydrogens (tertiary/aromatic N) is 3. The molecule has 0 amide bonds. The summed E-state index contributed by atoms with van der Waals surface area (Å²) in [5.74, 6) is -0.597. The largest absolute Gasteiger partial charge is 0.334 e. The first-order chi connectivity index (χ1) is 9.38. The summed E-state index contributed by atoms with van der Waals surface area (Å²) < 4.78 is 13.8. The SMILES string of the molecule is Cc1cc(Br)c(F)cc1Nc1nc(Cl)ncc1[N+](=O)[O-]. The maximum absolute atomic E-state index is 13.5. The van der Waals surface area contributed by atoms with Gasteiger partial charge in [-0.25, -0.2) is 9.37 Å². The van der Waals surface area contributed by atoms with E-state index in [1.54, 1.807) is 13.0 Å². The summed E-state index contributed by atoms with van der Waals surface area (Å²) in [4.78, 5) is 17.5. The van der Waals surface area contributed by atoms with Gasteiger partial charge >= 0.3 is 5.69 Å². The standard InChI is InChI=1S/C11H7BrClFN4O2/c1-5-2-6(12)7(14)3-8(5)16-10-9(18(19)20)4-15-11(13)17-10/h2-4H,1H3,(H,15,16,17). The molecule has 0 fully saturated rings. The highest BCUT2D eigenvalue weighted by atomic mass is 79.9. The smallest absolute Gasteiger partial charge is 0.329 e. The third kappa shape index (κ3) is 3.02. The summed E-state index contributed by atoms with van der Waals surface area (Å²) in [6.45, 7) is 1.72. The lowest BCUT2D eigenvalue weighted by atomic mass is 10.2. The van der Waals surface area contributed by atoms with E-state index in [2.05, 4.69) is 31.2 Å². The number of halogens is 3. The molecule has 0 aliphatic carbocycles. The van der Waals surface area contributed by atoms with Crippen molar-refractivity contribution in [1.82, 2.24) is 9.97 Å². The molecule has 1 aromatic heterocycles. The van der Waals surface area contributed by atoms with Crippen molar-refractivity contribution in [2.24, 2.45) is 0 Å². The molecule has 9 heteroatoms. The first-order valence-corrected chi connectivity index (χ1v) is 6.45. The average Bonchev–Trinajstić information content (AvgIpc) is 2.35. The summed E-state index contributed by atoms with van der Waals surface area (Å²) >= 11 is 8.67.